The van der Waals surface area contributed by atoms with E-state index in [4.69, 9.17) is 5.11 Å². The minimum Gasteiger partial charge on any atom is -0.478 e. The third-order valence-electron chi connectivity index (χ3n) is 3.81. The molecule has 0 bridgehead atoms. The maximum Gasteiger partial charge on any atom is 0.335 e. The number of rotatable bonds is 6. The van der Waals surface area contributed by atoms with Crippen LogP contribution in [0.5, 0.6) is 0 Å². The van der Waals surface area contributed by atoms with Gasteiger partial charge in [0, 0.05) is 6.54 Å². The van der Waals surface area contributed by atoms with E-state index in [-0.39, 0.29) is 17.5 Å². The number of carbonyl (C=O) groups is 1. The molecule has 1 aliphatic rings. The Kier molecular flexibility index (Phi) is 3.84. The first-order valence-corrected chi connectivity index (χ1v) is 7.80. The Morgan fingerprint density at radius 3 is 2.60 bits per heavy atom. The molecule has 0 aromatic heterocycles. The van der Waals surface area contributed by atoms with Crippen molar-refractivity contribution in [2.45, 2.75) is 31.1 Å². The smallest absolute Gasteiger partial charge is 0.335 e. The number of carboxylic acid groups (broad SMARTS) is 1. The molecule has 0 radical (unpaired) electrons. The summed E-state index contributed by atoms with van der Waals surface area (Å²) in [6.07, 6.45) is 2.75. The first kappa shape index (κ1) is 14.9. The normalized spacial score (nSPS) is 16.9. The zero-order valence-corrected chi connectivity index (χ0v) is 11.8. The van der Waals surface area contributed by atoms with Crippen LogP contribution in [-0.4, -0.2) is 26.0 Å². The average Bonchev–Trinajstić information content (AvgIpc) is 3.17. The molecule has 1 aliphatic carbocycles. The summed E-state index contributed by atoms with van der Waals surface area (Å²) in [4.78, 5) is 10.2. The van der Waals surface area contributed by atoms with Gasteiger partial charge in [-0.05, 0) is 42.9 Å². The molecule has 1 fully saturated rings. The second-order valence-electron chi connectivity index (χ2n) is 5.13. The lowest BCUT2D eigenvalue weighted by Gasteiger charge is -2.14. The maximum absolute atomic E-state index is 13.6. The SMILES string of the molecule is CCC1(CNS(=O)(=O)c2cc(C(=O)O)ccc2F)CC1. The fourth-order valence-electron chi connectivity index (χ4n) is 2.00. The molecular weight excluding hydrogens is 285 g/mol. The molecule has 0 amide bonds. The minimum absolute atomic E-state index is 0.0199. The van der Waals surface area contributed by atoms with E-state index < -0.39 is 26.7 Å². The van der Waals surface area contributed by atoms with E-state index in [1.807, 2.05) is 6.92 Å². The minimum atomic E-state index is -4.04. The zero-order valence-electron chi connectivity index (χ0n) is 11.0. The van der Waals surface area contributed by atoms with E-state index in [1.54, 1.807) is 0 Å². The van der Waals surface area contributed by atoms with E-state index >= 15 is 0 Å². The Morgan fingerprint density at radius 1 is 1.45 bits per heavy atom. The van der Waals surface area contributed by atoms with E-state index in [0.29, 0.717) is 0 Å². The van der Waals surface area contributed by atoms with Crippen LogP contribution in [0, 0.1) is 11.2 Å². The van der Waals surface area contributed by atoms with Crippen LogP contribution < -0.4 is 4.72 Å². The van der Waals surface area contributed by atoms with Gasteiger partial charge in [0.25, 0.3) is 0 Å². The quantitative estimate of drug-likeness (QED) is 0.841. The van der Waals surface area contributed by atoms with Crippen LogP contribution >= 0.6 is 0 Å². The van der Waals surface area contributed by atoms with Gasteiger partial charge in [0.15, 0.2) is 0 Å². The Balaban J connectivity index is 2.24. The average molecular weight is 301 g/mol. The van der Waals surface area contributed by atoms with Gasteiger partial charge in [-0.25, -0.2) is 22.3 Å². The summed E-state index contributed by atoms with van der Waals surface area (Å²) >= 11 is 0. The number of carboxylic acids is 1. The number of hydrogen-bond donors (Lipinski definition) is 2. The highest BCUT2D eigenvalue weighted by Crippen LogP contribution is 2.48. The van der Waals surface area contributed by atoms with E-state index in [2.05, 4.69) is 4.72 Å². The van der Waals surface area contributed by atoms with Crippen molar-refractivity contribution >= 4 is 16.0 Å². The first-order valence-electron chi connectivity index (χ1n) is 6.32. The Morgan fingerprint density at radius 2 is 2.10 bits per heavy atom. The summed E-state index contributed by atoms with van der Waals surface area (Å²) in [7, 11) is -4.04. The topological polar surface area (TPSA) is 83.5 Å². The Hall–Kier alpha value is -1.47. The van der Waals surface area contributed by atoms with Gasteiger partial charge in [-0.15, -0.1) is 0 Å². The zero-order chi connectivity index (χ0) is 15.0. The number of sulfonamides is 1. The molecule has 20 heavy (non-hydrogen) atoms. The van der Waals surface area contributed by atoms with Crippen molar-refractivity contribution in [2.24, 2.45) is 5.41 Å². The van der Waals surface area contributed by atoms with Crippen molar-refractivity contribution in [3.8, 4) is 0 Å². The molecule has 0 heterocycles. The molecule has 1 aromatic rings. The van der Waals surface area contributed by atoms with Gasteiger partial charge in [0.2, 0.25) is 10.0 Å². The Labute approximate surface area is 116 Å². The van der Waals surface area contributed by atoms with Crippen molar-refractivity contribution in [3.63, 3.8) is 0 Å². The van der Waals surface area contributed by atoms with E-state index in [9.17, 15) is 17.6 Å². The maximum atomic E-state index is 13.6. The number of halogens is 1. The molecule has 0 unspecified atom stereocenters. The number of benzene rings is 1. The third-order valence-corrected chi connectivity index (χ3v) is 5.23. The fourth-order valence-corrected chi connectivity index (χ4v) is 3.26. The van der Waals surface area contributed by atoms with Gasteiger partial charge in [-0.1, -0.05) is 6.92 Å². The summed E-state index contributed by atoms with van der Waals surface area (Å²) in [5, 5.41) is 8.84. The lowest BCUT2D eigenvalue weighted by molar-refractivity contribution is 0.0696. The first-order chi connectivity index (χ1) is 9.30. The molecule has 110 valence electrons. The molecule has 0 atom stereocenters. The highest BCUT2D eigenvalue weighted by Gasteiger charge is 2.41. The molecule has 0 spiro atoms. The molecule has 1 saturated carbocycles. The second kappa shape index (κ2) is 5.14. The molecule has 1 aromatic carbocycles. The summed E-state index contributed by atoms with van der Waals surface area (Å²) in [6, 6.07) is 2.72. The monoisotopic (exact) mass is 301 g/mol. The van der Waals surface area contributed by atoms with Gasteiger partial charge >= 0.3 is 5.97 Å². The van der Waals surface area contributed by atoms with Crippen LogP contribution in [0.25, 0.3) is 0 Å². The van der Waals surface area contributed by atoms with Crippen LogP contribution in [0.1, 0.15) is 36.5 Å². The summed E-state index contributed by atoms with van der Waals surface area (Å²) < 4.78 is 40.2. The van der Waals surface area contributed by atoms with Gasteiger partial charge < -0.3 is 5.11 Å². The van der Waals surface area contributed by atoms with Crippen LogP contribution in [0.15, 0.2) is 23.1 Å². The molecule has 5 nitrogen and oxygen atoms in total. The number of aromatic carboxylic acids is 1. The second-order valence-corrected chi connectivity index (χ2v) is 6.86. The number of hydrogen-bond acceptors (Lipinski definition) is 3. The lowest BCUT2D eigenvalue weighted by Crippen LogP contribution is -2.30. The number of nitrogens with one attached hydrogen (secondary N) is 1. The molecule has 7 heteroatoms. The fraction of sp³-hybridized carbons (Fsp3) is 0.462. The highest BCUT2D eigenvalue weighted by atomic mass is 32.2. The molecule has 0 aliphatic heterocycles. The van der Waals surface area contributed by atoms with Crippen molar-refractivity contribution in [1.82, 2.24) is 4.72 Å². The Bertz CT molecular complexity index is 638. The van der Waals surface area contributed by atoms with Crippen LogP contribution in [-0.2, 0) is 10.0 Å². The molecule has 2 rings (SSSR count). The van der Waals surface area contributed by atoms with Gasteiger partial charge in [-0.2, -0.15) is 0 Å². The van der Waals surface area contributed by atoms with Crippen molar-refractivity contribution in [1.29, 1.82) is 0 Å². The molecular formula is C13H16FNO4S. The van der Waals surface area contributed by atoms with E-state index in [1.165, 1.54) is 0 Å². The van der Waals surface area contributed by atoms with Crippen LogP contribution in [0.3, 0.4) is 0 Å². The predicted molar refractivity (Wildman–Crippen MR) is 70.5 cm³/mol. The van der Waals surface area contributed by atoms with Crippen molar-refractivity contribution < 1.29 is 22.7 Å². The standard InChI is InChI=1S/C13H16FNO4S/c1-2-13(5-6-13)8-15-20(18,19)11-7-9(12(16)17)3-4-10(11)14/h3-4,7,15H,2,5-6,8H2,1H3,(H,16,17). The molecule has 2 N–H and O–H groups in total. The van der Waals surface area contributed by atoms with E-state index in [0.717, 1.165) is 37.5 Å². The van der Waals surface area contributed by atoms with Crippen LogP contribution in [0.4, 0.5) is 4.39 Å². The lowest BCUT2D eigenvalue weighted by atomic mass is 10.1. The summed E-state index contributed by atoms with van der Waals surface area (Å²) in [6.45, 7) is 2.23. The summed E-state index contributed by atoms with van der Waals surface area (Å²) in [5.41, 5.74) is -0.281. The van der Waals surface area contributed by atoms with Crippen molar-refractivity contribution in [2.75, 3.05) is 6.54 Å². The predicted octanol–water partition coefficient (Wildman–Crippen LogP) is 1.99. The van der Waals surface area contributed by atoms with Gasteiger partial charge in [0.05, 0.1) is 5.56 Å². The third kappa shape index (κ3) is 2.99. The largest absolute Gasteiger partial charge is 0.478 e. The van der Waals surface area contributed by atoms with Gasteiger partial charge in [-0.3, -0.25) is 0 Å². The van der Waals surface area contributed by atoms with Crippen LogP contribution in [0.2, 0.25) is 0 Å². The summed E-state index contributed by atoms with van der Waals surface area (Å²) in [5.74, 6) is -2.25. The van der Waals surface area contributed by atoms with Crippen molar-refractivity contribution in [3.05, 3.63) is 29.6 Å². The highest BCUT2D eigenvalue weighted by molar-refractivity contribution is 7.89. The van der Waals surface area contributed by atoms with Gasteiger partial charge in [0.1, 0.15) is 10.7 Å². The molecule has 0 saturated heterocycles.